The number of amides is 1. The van der Waals surface area contributed by atoms with Gasteiger partial charge < -0.3 is 15.2 Å². The SMILES string of the molecule is CC(Oc1ccccc1[N+](=O)[O-])C(=O)Nc1ccc(C(=O)O)cc1. The molecule has 124 valence electrons. The Morgan fingerprint density at radius 2 is 1.79 bits per heavy atom. The highest BCUT2D eigenvalue weighted by molar-refractivity contribution is 5.95. The molecule has 8 nitrogen and oxygen atoms in total. The number of nitro benzene ring substituents is 1. The third kappa shape index (κ3) is 4.07. The van der Waals surface area contributed by atoms with Gasteiger partial charge in [0.1, 0.15) is 0 Å². The van der Waals surface area contributed by atoms with Crippen LogP contribution in [0.5, 0.6) is 5.75 Å². The van der Waals surface area contributed by atoms with Crippen LogP contribution in [-0.2, 0) is 4.79 Å². The van der Waals surface area contributed by atoms with Crippen LogP contribution in [0.2, 0.25) is 0 Å². The summed E-state index contributed by atoms with van der Waals surface area (Å²) in [6.07, 6.45) is -0.981. The zero-order valence-electron chi connectivity index (χ0n) is 12.6. The summed E-state index contributed by atoms with van der Waals surface area (Å²) in [4.78, 5) is 33.2. The summed E-state index contributed by atoms with van der Waals surface area (Å²) in [5, 5.41) is 22.3. The molecule has 0 saturated heterocycles. The number of carboxylic acid groups (broad SMARTS) is 1. The second kappa shape index (κ2) is 7.23. The van der Waals surface area contributed by atoms with Gasteiger partial charge in [0.25, 0.3) is 5.91 Å². The normalized spacial score (nSPS) is 11.4. The number of carboxylic acids is 1. The van der Waals surface area contributed by atoms with Crippen LogP contribution in [0.1, 0.15) is 17.3 Å². The fourth-order valence-corrected chi connectivity index (χ4v) is 1.89. The molecule has 0 aliphatic heterocycles. The average molecular weight is 330 g/mol. The minimum absolute atomic E-state index is 0.00799. The van der Waals surface area contributed by atoms with Crippen LogP contribution in [0.25, 0.3) is 0 Å². The van der Waals surface area contributed by atoms with Gasteiger partial charge >= 0.3 is 11.7 Å². The van der Waals surface area contributed by atoms with Crippen LogP contribution in [0, 0.1) is 10.1 Å². The fraction of sp³-hybridized carbons (Fsp3) is 0.125. The molecule has 2 aromatic rings. The highest BCUT2D eigenvalue weighted by Crippen LogP contribution is 2.27. The summed E-state index contributed by atoms with van der Waals surface area (Å²) in [6, 6.07) is 11.3. The lowest BCUT2D eigenvalue weighted by Gasteiger charge is -2.14. The molecule has 0 aliphatic carbocycles. The van der Waals surface area contributed by atoms with Crippen molar-refractivity contribution >= 4 is 23.3 Å². The summed E-state index contributed by atoms with van der Waals surface area (Å²) in [7, 11) is 0. The smallest absolute Gasteiger partial charge is 0.335 e. The number of hydrogen-bond acceptors (Lipinski definition) is 5. The predicted octanol–water partition coefficient (Wildman–Crippen LogP) is 2.70. The number of para-hydroxylation sites is 2. The van der Waals surface area contributed by atoms with Crippen molar-refractivity contribution in [2.75, 3.05) is 5.32 Å². The monoisotopic (exact) mass is 330 g/mol. The van der Waals surface area contributed by atoms with Gasteiger partial charge in [0.15, 0.2) is 11.9 Å². The minimum Gasteiger partial charge on any atom is -0.478 e. The molecule has 0 spiro atoms. The maximum atomic E-state index is 12.1. The van der Waals surface area contributed by atoms with Gasteiger partial charge in [0.2, 0.25) is 0 Å². The topological polar surface area (TPSA) is 119 Å². The lowest BCUT2D eigenvalue weighted by atomic mass is 10.2. The minimum atomic E-state index is -1.07. The van der Waals surface area contributed by atoms with E-state index in [9.17, 15) is 19.7 Å². The van der Waals surface area contributed by atoms with E-state index in [0.717, 1.165) is 0 Å². The number of rotatable bonds is 6. The molecular weight excluding hydrogens is 316 g/mol. The molecule has 1 atom stereocenters. The molecule has 0 fully saturated rings. The Hall–Kier alpha value is -3.42. The molecule has 1 unspecified atom stereocenters. The first-order valence-corrected chi connectivity index (χ1v) is 6.93. The first-order chi connectivity index (χ1) is 11.4. The standard InChI is InChI=1S/C16H14N2O6/c1-10(24-14-5-3-2-4-13(14)18(22)23)15(19)17-12-8-6-11(7-9-12)16(20)21/h2-10H,1H3,(H,17,19)(H,20,21). The molecule has 2 N–H and O–H groups in total. The van der Waals surface area contributed by atoms with Crippen LogP contribution in [-0.4, -0.2) is 28.0 Å². The molecule has 0 bridgehead atoms. The first kappa shape index (κ1) is 16.9. The molecule has 2 rings (SSSR count). The molecule has 2 aromatic carbocycles. The number of anilines is 1. The van der Waals surface area contributed by atoms with Crippen molar-refractivity contribution in [2.45, 2.75) is 13.0 Å². The van der Waals surface area contributed by atoms with Crippen LogP contribution in [0.3, 0.4) is 0 Å². The van der Waals surface area contributed by atoms with Gasteiger partial charge in [-0.1, -0.05) is 12.1 Å². The van der Waals surface area contributed by atoms with Crippen molar-refractivity contribution in [3.63, 3.8) is 0 Å². The molecule has 24 heavy (non-hydrogen) atoms. The summed E-state index contributed by atoms with van der Waals surface area (Å²) in [5.41, 5.74) is 0.253. The van der Waals surface area contributed by atoms with E-state index in [2.05, 4.69) is 5.32 Å². The van der Waals surface area contributed by atoms with Crippen LogP contribution < -0.4 is 10.1 Å². The number of carbonyl (C=O) groups is 2. The number of nitrogens with zero attached hydrogens (tertiary/aromatic N) is 1. The fourth-order valence-electron chi connectivity index (χ4n) is 1.89. The lowest BCUT2D eigenvalue weighted by Crippen LogP contribution is -2.30. The third-order valence-electron chi connectivity index (χ3n) is 3.13. The zero-order valence-corrected chi connectivity index (χ0v) is 12.6. The van der Waals surface area contributed by atoms with Gasteiger partial charge in [-0.15, -0.1) is 0 Å². The Kier molecular flexibility index (Phi) is 5.10. The van der Waals surface area contributed by atoms with E-state index in [1.807, 2.05) is 0 Å². The number of benzene rings is 2. The summed E-state index contributed by atoms with van der Waals surface area (Å²) >= 11 is 0. The molecule has 8 heteroatoms. The third-order valence-corrected chi connectivity index (χ3v) is 3.13. The second-order valence-electron chi connectivity index (χ2n) is 4.86. The van der Waals surface area contributed by atoms with E-state index in [-0.39, 0.29) is 17.0 Å². The van der Waals surface area contributed by atoms with E-state index in [1.165, 1.54) is 49.4 Å². The molecular formula is C16H14N2O6. The van der Waals surface area contributed by atoms with Gasteiger partial charge in [-0.05, 0) is 37.3 Å². The average Bonchev–Trinajstić information content (AvgIpc) is 2.55. The van der Waals surface area contributed by atoms with Crippen molar-refractivity contribution in [1.82, 2.24) is 0 Å². The van der Waals surface area contributed by atoms with Gasteiger partial charge in [-0.25, -0.2) is 4.79 Å². The summed E-state index contributed by atoms with van der Waals surface area (Å²) in [5.74, 6) is -1.59. The van der Waals surface area contributed by atoms with Gasteiger partial charge in [-0.2, -0.15) is 0 Å². The number of carbonyl (C=O) groups excluding carboxylic acids is 1. The Morgan fingerprint density at radius 1 is 1.17 bits per heavy atom. The van der Waals surface area contributed by atoms with E-state index in [4.69, 9.17) is 9.84 Å². The maximum absolute atomic E-state index is 12.1. The predicted molar refractivity (Wildman–Crippen MR) is 85.2 cm³/mol. The highest BCUT2D eigenvalue weighted by Gasteiger charge is 2.20. The van der Waals surface area contributed by atoms with Gasteiger partial charge in [0.05, 0.1) is 10.5 Å². The largest absolute Gasteiger partial charge is 0.478 e. The van der Waals surface area contributed by atoms with E-state index < -0.39 is 22.9 Å². The molecule has 0 aliphatic rings. The molecule has 1 amide bonds. The number of nitrogens with one attached hydrogen (secondary N) is 1. The van der Waals surface area contributed by atoms with Crippen molar-refractivity contribution in [2.24, 2.45) is 0 Å². The van der Waals surface area contributed by atoms with E-state index in [1.54, 1.807) is 6.07 Å². The Balaban J connectivity index is 2.05. The number of hydrogen-bond donors (Lipinski definition) is 2. The number of ether oxygens (including phenoxy) is 1. The lowest BCUT2D eigenvalue weighted by molar-refractivity contribution is -0.386. The Bertz CT molecular complexity index is 772. The zero-order chi connectivity index (χ0) is 17.7. The van der Waals surface area contributed by atoms with Crippen LogP contribution >= 0.6 is 0 Å². The Labute approximate surface area is 136 Å². The quantitative estimate of drug-likeness (QED) is 0.621. The van der Waals surface area contributed by atoms with Crippen molar-refractivity contribution < 1.29 is 24.4 Å². The molecule has 0 heterocycles. The summed E-state index contributed by atoms with van der Waals surface area (Å²) < 4.78 is 5.35. The van der Waals surface area contributed by atoms with Gasteiger partial charge in [0, 0.05) is 11.8 Å². The molecule has 0 radical (unpaired) electrons. The maximum Gasteiger partial charge on any atom is 0.335 e. The molecule has 0 saturated carbocycles. The van der Waals surface area contributed by atoms with Crippen molar-refractivity contribution in [3.05, 3.63) is 64.2 Å². The van der Waals surface area contributed by atoms with Crippen LogP contribution in [0.15, 0.2) is 48.5 Å². The van der Waals surface area contributed by atoms with Crippen molar-refractivity contribution in [3.8, 4) is 5.75 Å². The molecule has 0 aromatic heterocycles. The first-order valence-electron chi connectivity index (χ1n) is 6.93. The van der Waals surface area contributed by atoms with E-state index >= 15 is 0 Å². The van der Waals surface area contributed by atoms with E-state index in [0.29, 0.717) is 5.69 Å². The summed E-state index contributed by atoms with van der Waals surface area (Å²) in [6.45, 7) is 1.46. The van der Waals surface area contributed by atoms with Gasteiger partial charge in [-0.3, -0.25) is 14.9 Å². The van der Waals surface area contributed by atoms with Crippen molar-refractivity contribution in [1.29, 1.82) is 0 Å². The number of nitro groups is 1. The number of aromatic carboxylic acids is 1. The van der Waals surface area contributed by atoms with Crippen LogP contribution in [0.4, 0.5) is 11.4 Å². The Morgan fingerprint density at radius 3 is 2.38 bits per heavy atom. The second-order valence-corrected chi connectivity index (χ2v) is 4.86. The highest BCUT2D eigenvalue weighted by atomic mass is 16.6.